The minimum atomic E-state index is -0.355. The van der Waals surface area contributed by atoms with E-state index in [0.717, 1.165) is 40.2 Å². The van der Waals surface area contributed by atoms with Gasteiger partial charge in [0.05, 0.1) is 37.2 Å². The Morgan fingerprint density at radius 2 is 1.93 bits per heavy atom. The maximum Gasteiger partial charge on any atom is 0.320 e. The number of anilines is 1. The highest BCUT2D eigenvalue weighted by Crippen LogP contribution is 2.32. The normalized spacial score (nSPS) is 18.4. The Kier molecular flexibility index (Phi) is 7.78. The van der Waals surface area contributed by atoms with Crippen LogP contribution in [0.1, 0.15) is 28.2 Å². The third-order valence-electron chi connectivity index (χ3n) is 7.80. The molecule has 2 aliphatic rings. The van der Waals surface area contributed by atoms with Crippen LogP contribution in [0.15, 0.2) is 66.9 Å². The minimum absolute atomic E-state index is 0.0677. The van der Waals surface area contributed by atoms with E-state index in [4.69, 9.17) is 14.6 Å². The highest BCUT2D eigenvalue weighted by molar-refractivity contribution is 5.91. The number of nitrogens with one attached hydrogen (secondary N) is 2. The fourth-order valence-electron chi connectivity index (χ4n) is 5.65. The van der Waals surface area contributed by atoms with Crippen molar-refractivity contribution in [3.8, 4) is 17.1 Å². The molecule has 0 saturated carbocycles. The largest absolute Gasteiger partial charge is 0.383 e. The number of ether oxygens (including phenoxy) is 2. The number of aromatic nitrogens is 3. The number of hydrogen-bond acceptors (Lipinski definition) is 6. The fourth-order valence-corrected chi connectivity index (χ4v) is 5.65. The number of likely N-dealkylation sites (tertiary alicyclic amines) is 1. The van der Waals surface area contributed by atoms with Gasteiger partial charge >= 0.3 is 6.03 Å². The van der Waals surface area contributed by atoms with Gasteiger partial charge in [0.1, 0.15) is 17.3 Å². The van der Waals surface area contributed by atoms with Crippen LogP contribution >= 0.6 is 0 Å². The van der Waals surface area contributed by atoms with Crippen molar-refractivity contribution in [1.29, 1.82) is 0 Å². The van der Waals surface area contributed by atoms with E-state index in [1.54, 1.807) is 23.9 Å². The van der Waals surface area contributed by atoms with Crippen LogP contribution < -0.4 is 10.6 Å². The average Bonchev–Trinajstić information content (AvgIpc) is 3.70. The molecule has 212 valence electrons. The number of para-hydroxylation sites is 1. The molecule has 2 aromatic carbocycles. The second kappa shape index (κ2) is 11.8. The van der Waals surface area contributed by atoms with E-state index >= 15 is 0 Å². The quantitative estimate of drug-likeness (QED) is 0.328. The van der Waals surface area contributed by atoms with Gasteiger partial charge in [0.15, 0.2) is 0 Å². The monoisotopic (exact) mass is 556 g/mol. The summed E-state index contributed by atoms with van der Waals surface area (Å²) in [6, 6.07) is 17.7. The molecule has 6 rings (SSSR count). The molecule has 1 saturated heterocycles. The summed E-state index contributed by atoms with van der Waals surface area (Å²) in [4.78, 5) is 20.4. The van der Waals surface area contributed by atoms with Crippen LogP contribution in [0.5, 0.6) is 0 Å². The molecule has 41 heavy (non-hydrogen) atoms. The molecule has 0 bridgehead atoms. The summed E-state index contributed by atoms with van der Waals surface area (Å²) in [5.74, 6) is 0.198. The topological polar surface area (TPSA) is 93.5 Å². The van der Waals surface area contributed by atoms with Crippen molar-refractivity contribution >= 4 is 11.8 Å². The SMILES string of the molecule is COCCN1CC(NC(=O)Nc2c(C)c(-c3cc4c(cn3)COC4)nn2-c2ccccc2)C(c2cccc(F)c2)C1. The number of pyridine rings is 1. The summed E-state index contributed by atoms with van der Waals surface area (Å²) in [6.45, 7) is 5.66. The summed E-state index contributed by atoms with van der Waals surface area (Å²) in [5.41, 5.74) is 6.05. The van der Waals surface area contributed by atoms with E-state index in [1.165, 1.54) is 6.07 Å². The molecule has 2 unspecified atom stereocenters. The summed E-state index contributed by atoms with van der Waals surface area (Å²) in [6.07, 6.45) is 1.83. The number of methoxy groups -OCH3 is 1. The standard InChI is InChI=1S/C31H33FN6O3/c1-20-29(27-14-22-18-41-19-23(22)15-33-27)36-38(25-9-4-3-5-10-25)30(20)35-31(39)34-28-17-37(11-12-40-2)16-26(28)21-7-6-8-24(32)13-21/h3-10,13-15,26,28H,11-12,16-19H2,1-2H3,(H2,34,35,39). The molecule has 2 amide bonds. The van der Waals surface area contributed by atoms with Crippen molar-refractivity contribution < 1.29 is 18.7 Å². The zero-order chi connectivity index (χ0) is 28.3. The van der Waals surface area contributed by atoms with Crippen LogP contribution in [0.2, 0.25) is 0 Å². The van der Waals surface area contributed by atoms with Crippen LogP contribution in [0.25, 0.3) is 17.1 Å². The van der Waals surface area contributed by atoms with E-state index in [9.17, 15) is 9.18 Å². The van der Waals surface area contributed by atoms with Crippen LogP contribution in [0, 0.1) is 12.7 Å². The molecule has 0 radical (unpaired) electrons. The van der Waals surface area contributed by atoms with Gasteiger partial charge in [0, 0.05) is 50.0 Å². The molecule has 0 aliphatic carbocycles. The van der Waals surface area contributed by atoms with Gasteiger partial charge in [-0.1, -0.05) is 30.3 Å². The molecule has 2 aromatic heterocycles. The van der Waals surface area contributed by atoms with Crippen LogP contribution in [-0.2, 0) is 22.7 Å². The number of carbonyl (C=O) groups excluding carboxylic acids is 1. The van der Waals surface area contributed by atoms with Crippen molar-refractivity contribution in [3.63, 3.8) is 0 Å². The van der Waals surface area contributed by atoms with E-state index in [1.807, 2.05) is 55.6 Å². The predicted molar refractivity (Wildman–Crippen MR) is 153 cm³/mol. The Morgan fingerprint density at radius 1 is 1.10 bits per heavy atom. The van der Waals surface area contributed by atoms with Gasteiger partial charge in [-0.05, 0) is 48.4 Å². The second-order valence-corrected chi connectivity index (χ2v) is 10.5. The lowest BCUT2D eigenvalue weighted by molar-refractivity contribution is 0.134. The Balaban J connectivity index is 1.28. The van der Waals surface area contributed by atoms with Gasteiger partial charge in [-0.15, -0.1) is 0 Å². The zero-order valence-electron chi connectivity index (χ0n) is 23.1. The highest BCUT2D eigenvalue weighted by atomic mass is 19.1. The number of urea groups is 1. The molecule has 4 aromatic rings. The molecule has 10 heteroatoms. The van der Waals surface area contributed by atoms with E-state index in [2.05, 4.69) is 20.5 Å². The Labute approximate surface area is 238 Å². The molecule has 9 nitrogen and oxygen atoms in total. The van der Waals surface area contributed by atoms with Crippen molar-refractivity contribution in [1.82, 2.24) is 25.0 Å². The number of rotatable bonds is 8. The van der Waals surface area contributed by atoms with Gasteiger partial charge in [-0.2, -0.15) is 5.10 Å². The molecule has 2 N–H and O–H groups in total. The maximum atomic E-state index is 14.1. The summed E-state index contributed by atoms with van der Waals surface area (Å²) < 4.78 is 26.7. The third kappa shape index (κ3) is 5.72. The number of amides is 2. The Morgan fingerprint density at radius 3 is 2.73 bits per heavy atom. The second-order valence-electron chi connectivity index (χ2n) is 10.5. The molecule has 2 aliphatic heterocycles. The highest BCUT2D eigenvalue weighted by Gasteiger charge is 2.35. The number of carbonyl (C=O) groups is 1. The average molecular weight is 557 g/mol. The summed E-state index contributed by atoms with van der Waals surface area (Å²) >= 11 is 0. The van der Waals surface area contributed by atoms with Gasteiger partial charge in [-0.3, -0.25) is 15.2 Å². The Bertz CT molecular complexity index is 1540. The molecule has 0 spiro atoms. The number of nitrogens with zero attached hydrogens (tertiary/aromatic N) is 4. The van der Waals surface area contributed by atoms with Crippen LogP contribution in [0.4, 0.5) is 15.0 Å². The van der Waals surface area contributed by atoms with Gasteiger partial charge in [0.2, 0.25) is 0 Å². The lowest BCUT2D eigenvalue weighted by atomic mass is 9.94. The number of halogens is 1. The molecule has 1 fully saturated rings. The Hall–Kier alpha value is -4.12. The van der Waals surface area contributed by atoms with Gasteiger partial charge in [0.25, 0.3) is 0 Å². The van der Waals surface area contributed by atoms with E-state index in [0.29, 0.717) is 44.4 Å². The van der Waals surface area contributed by atoms with Crippen molar-refractivity contribution in [2.24, 2.45) is 0 Å². The summed E-state index contributed by atoms with van der Waals surface area (Å²) in [7, 11) is 1.67. The first kappa shape index (κ1) is 27.1. The van der Waals surface area contributed by atoms with Crippen molar-refractivity contribution in [3.05, 3.63) is 94.9 Å². The third-order valence-corrected chi connectivity index (χ3v) is 7.80. The predicted octanol–water partition coefficient (Wildman–Crippen LogP) is 4.65. The first-order valence-electron chi connectivity index (χ1n) is 13.8. The lowest BCUT2D eigenvalue weighted by Gasteiger charge is -2.21. The molecular formula is C31H33FN6O3. The van der Waals surface area contributed by atoms with Crippen molar-refractivity contribution in [2.75, 3.05) is 38.7 Å². The first-order valence-corrected chi connectivity index (χ1v) is 13.8. The number of fused-ring (bicyclic) bond motifs is 1. The van der Waals surface area contributed by atoms with Gasteiger partial charge in [-0.25, -0.2) is 13.9 Å². The fraction of sp³-hybridized carbons (Fsp3) is 0.323. The number of hydrogen-bond donors (Lipinski definition) is 2. The van der Waals surface area contributed by atoms with E-state index in [-0.39, 0.29) is 23.8 Å². The van der Waals surface area contributed by atoms with Crippen LogP contribution in [0.3, 0.4) is 0 Å². The van der Waals surface area contributed by atoms with Crippen LogP contribution in [-0.4, -0.2) is 65.1 Å². The summed E-state index contributed by atoms with van der Waals surface area (Å²) in [5, 5.41) is 11.1. The van der Waals surface area contributed by atoms with E-state index < -0.39 is 0 Å². The van der Waals surface area contributed by atoms with Gasteiger partial charge < -0.3 is 14.8 Å². The van der Waals surface area contributed by atoms with Crippen molar-refractivity contribution in [2.45, 2.75) is 32.1 Å². The smallest absolute Gasteiger partial charge is 0.320 e. The zero-order valence-corrected chi connectivity index (χ0v) is 23.1. The molecule has 2 atom stereocenters. The molecule has 4 heterocycles. The number of benzene rings is 2. The lowest BCUT2D eigenvalue weighted by Crippen LogP contribution is -2.42. The maximum absolute atomic E-state index is 14.1. The minimum Gasteiger partial charge on any atom is -0.383 e. The first-order chi connectivity index (χ1) is 20.0. The molecular weight excluding hydrogens is 523 g/mol.